The summed E-state index contributed by atoms with van der Waals surface area (Å²) in [6.45, 7) is 1.74. The second kappa shape index (κ2) is 7.66. The minimum Gasteiger partial charge on any atom is -0.419 e. The molecule has 0 aliphatic heterocycles. The van der Waals surface area contributed by atoms with Crippen LogP contribution in [0.5, 0.6) is 0 Å². The largest absolute Gasteiger partial charge is 0.419 e. The van der Waals surface area contributed by atoms with E-state index in [1.54, 1.807) is 0 Å². The molecule has 0 saturated heterocycles. The standard InChI is InChI=1S/C14H19N3O2/c18-10-6-2-5-9-15-11-13-16-17-14(19-13)12-7-3-1-4-8-12/h1,3-4,7-8,15,18H,2,5-6,9-11H2. The molecular weight excluding hydrogens is 242 g/mol. The smallest absolute Gasteiger partial charge is 0.247 e. The maximum atomic E-state index is 8.66. The average Bonchev–Trinajstić information content (AvgIpc) is 2.92. The predicted octanol–water partition coefficient (Wildman–Crippen LogP) is 1.99. The molecule has 0 spiro atoms. The number of nitrogens with zero attached hydrogens (tertiary/aromatic N) is 2. The Morgan fingerprint density at radius 2 is 1.89 bits per heavy atom. The molecule has 102 valence electrons. The second-order valence-corrected chi connectivity index (χ2v) is 4.33. The molecule has 0 atom stereocenters. The third kappa shape index (κ3) is 4.46. The number of nitrogens with one attached hydrogen (secondary N) is 1. The Morgan fingerprint density at radius 1 is 1.05 bits per heavy atom. The molecule has 0 aliphatic carbocycles. The zero-order valence-corrected chi connectivity index (χ0v) is 10.9. The SMILES string of the molecule is OCCCCCNCc1nnc(-c2ccccc2)o1. The molecule has 2 rings (SSSR count). The van der Waals surface area contributed by atoms with E-state index < -0.39 is 0 Å². The van der Waals surface area contributed by atoms with Gasteiger partial charge in [0.05, 0.1) is 6.54 Å². The van der Waals surface area contributed by atoms with Crippen molar-refractivity contribution in [3.63, 3.8) is 0 Å². The molecule has 1 heterocycles. The molecule has 0 unspecified atom stereocenters. The van der Waals surface area contributed by atoms with Gasteiger partial charge in [-0.3, -0.25) is 0 Å². The molecule has 5 heteroatoms. The van der Waals surface area contributed by atoms with Crippen LogP contribution in [-0.4, -0.2) is 28.5 Å². The van der Waals surface area contributed by atoms with Crippen LogP contribution in [0, 0.1) is 0 Å². The lowest BCUT2D eigenvalue weighted by molar-refractivity contribution is 0.282. The molecule has 5 nitrogen and oxygen atoms in total. The van der Waals surface area contributed by atoms with E-state index >= 15 is 0 Å². The molecule has 0 bridgehead atoms. The third-order valence-electron chi connectivity index (χ3n) is 2.78. The highest BCUT2D eigenvalue weighted by Gasteiger charge is 2.07. The molecule has 0 fully saturated rings. The number of hydrogen-bond acceptors (Lipinski definition) is 5. The molecule has 0 aliphatic rings. The monoisotopic (exact) mass is 261 g/mol. The Hall–Kier alpha value is -1.72. The highest BCUT2D eigenvalue weighted by molar-refractivity contribution is 5.51. The summed E-state index contributed by atoms with van der Waals surface area (Å²) >= 11 is 0. The van der Waals surface area contributed by atoms with E-state index in [0.717, 1.165) is 31.4 Å². The van der Waals surface area contributed by atoms with Gasteiger partial charge < -0.3 is 14.8 Å². The van der Waals surface area contributed by atoms with Crippen molar-refractivity contribution in [1.82, 2.24) is 15.5 Å². The predicted molar refractivity (Wildman–Crippen MR) is 72.4 cm³/mol. The van der Waals surface area contributed by atoms with Crippen LogP contribution in [0.4, 0.5) is 0 Å². The van der Waals surface area contributed by atoms with Crippen molar-refractivity contribution in [3.8, 4) is 11.5 Å². The van der Waals surface area contributed by atoms with Crippen molar-refractivity contribution in [3.05, 3.63) is 36.2 Å². The van der Waals surface area contributed by atoms with Gasteiger partial charge in [-0.25, -0.2) is 0 Å². The van der Waals surface area contributed by atoms with Crippen molar-refractivity contribution in [2.45, 2.75) is 25.8 Å². The van der Waals surface area contributed by atoms with Crippen molar-refractivity contribution in [2.75, 3.05) is 13.2 Å². The van der Waals surface area contributed by atoms with Gasteiger partial charge >= 0.3 is 0 Å². The molecule has 0 saturated carbocycles. The van der Waals surface area contributed by atoms with Crippen LogP contribution < -0.4 is 5.32 Å². The average molecular weight is 261 g/mol. The summed E-state index contributed by atoms with van der Waals surface area (Å²) in [4.78, 5) is 0. The summed E-state index contributed by atoms with van der Waals surface area (Å²) in [7, 11) is 0. The van der Waals surface area contributed by atoms with Crippen LogP contribution in [-0.2, 0) is 6.54 Å². The van der Waals surface area contributed by atoms with Crippen LogP contribution in [0.1, 0.15) is 25.2 Å². The Balaban J connectivity index is 1.75. The van der Waals surface area contributed by atoms with Crippen LogP contribution >= 0.6 is 0 Å². The lowest BCUT2D eigenvalue weighted by Gasteiger charge is -2.00. The van der Waals surface area contributed by atoms with E-state index in [2.05, 4.69) is 15.5 Å². The Bertz CT molecular complexity index is 471. The van der Waals surface area contributed by atoms with Crippen LogP contribution in [0.25, 0.3) is 11.5 Å². The fourth-order valence-corrected chi connectivity index (χ4v) is 1.76. The lowest BCUT2D eigenvalue weighted by Crippen LogP contribution is -2.14. The quantitative estimate of drug-likeness (QED) is 0.711. The van der Waals surface area contributed by atoms with Crippen molar-refractivity contribution >= 4 is 0 Å². The number of hydrogen-bond donors (Lipinski definition) is 2. The van der Waals surface area contributed by atoms with Crippen LogP contribution in [0.15, 0.2) is 34.7 Å². The highest BCUT2D eigenvalue weighted by atomic mass is 16.4. The summed E-state index contributed by atoms with van der Waals surface area (Å²) in [5.74, 6) is 1.15. The molecule has 2 aromatic rings. The van der Waals surface area contributed by atoms with E-state index in [0.29, 0.717) is 18.3 Å². The third-order valence-corrected chi connectivity index (χ3v) is 2.78. The van der Waals surface area contributed by atoms with Gasteiger partial charge in [0.25, 0.3) is 0 Å². The Kier molecular flexibility index (Phi) is 5.52. The number of benzene rings is 1. The fourth-order valence-electron chi connectivity index (χ4n) is 1.76. The lowest BCUT2D eigenvalue weighted by atomic mass is 10.2. The zero-order chi connectivity index (χ0) is 13.3. The second-order valence-electron chi connectivity index (χ2n) is 4.33. The van der Waals surface area contributed by atoms with E-state index in [-0.39, 0.29) is 6.61 Å². The summed E-state index contributed by atoms with van der Waals surface area (Å²) < 4.78 is 5.57. The summed E-state index contributed by atoms with van der Waals surface area (Å²) in [6, 6.07) is 9.73. The number of aliphatic hydroxyl groups is 1. The molecular formula is C14H19N3O2. The molecule has 1 aromatic heterocycles. The maximum absolute atomic E-state index is 8.66. The minimum absolute atomic E-state index is 0.268. The van der Waals surface area contributed by atoms with Gasteiger partial charge in [-0.1, -0.05) is 18.2 Å². The topological polar surface area (TPSA) is 71.2 Å². The molecule has 19 heavy (non-hydrogen) atoms. The molecule has 0 radical (unpaired) electrons. The zero-order valence-electron chi connectivity index (χ0n) is 10.9. The van der Waals surface area contributed by atoms with E-state index in [1.807, 2.05) is 30.3 Å². The summed E-state index contributed by atoms with van der Waals surface area (Å²) in [5.41, 5.74) is 0.934. The first-order valence-corrected chi connectivity index (χ1v) is 6.59. The van der Waals surface area contributed by atoms with Gasteiger partial charge in [0.15, 0.2) is 0 Å². The van der Waals surface area contributed by atoms with E-state index in [9.17, 15) is 0 Å². The van der Waals surface area contributed by atoms with Crippen molar-refractivity contribution in [1.29, 1.82) is 0 Å². The number of aromatic nitrogens is 2. The summed E-state index contributed by atoms with van der Waals surface area (Å²) in [5, 5.41) is 19.9. The van der Waals surface area contributed by atoms with Gasteiger partial charge in [0.1, 0.15) is 0 Å². The molecule has 1 aromatic carbocycles. The number of unbranched alkanes of at least 4 members (excludes halogenated alkanes) is 2. The first-order valence-electron chi connectivity index (χ1n) is 6.59. The highest BCUT2D eigenvalue weighted by Crippen LogP contribution is 2.16. The van der Waals surface area contributed by atoms with Crippen LogP contribution in [0.2, 0.25) is 0 Å². The maximum Gasteiger partial charge on any atom is 0.247 e. The van der Waals surface area contributed by atoms with Gasteiger partial charge in [-0.05, 0) is 37.9 Å². The summed E-state index contributed by atoms with van der Waals surface area (Å²) in [6.07, 6.45) is 2.93. The van der Waals surface area contributed by atoms with Gasteiger partial charge in [0.2, 0.25) is 11.8 Å². The van der Waals surface area contributed by atoms with Gasteiger partial charge in [0, 0.05) is 12.2 Å². The van der Waals surface area contributed by atoms with E-state index in [4.69, 9.17) is 9.52 Å². The Morgan fingerprint density at radius 3 is 2.68 bits per heavy atom. The first-order chi connectivity index (χ1) is 9.40. The number of rotatable bonds is 8. The van der Waals surface area contributed by atoms with Crippen molar-refractivity contribution in [2.24, 2.45) is 0 Å². The van der Waals surface area contributed by atoms with Gasteiger partial charge in [-0.2, -0.15) is 0 Å². The first kappa shape index (κ1) is 13.7. The van der Waals surface area contributed by atoms with Crippen molar-refractivity contribution < 1.29 is 9.52 Å². The normalized spacial score (nSPS) is 10.8. The van der Waals surface area contributed by atoms with Gasteiger partial charge in [-0.15, -0.1) is 10.2 Å². The number of aliphatic hydroxyl groups excluding tert-OH is 1. The minimum atomic E-state index is 0.268. The molecule has 0 amide bonds. The van der Waals surface area contributed by atoms with Crippen LogP contribution in [0.3, 0.4) is 0 Å². The Labute approximate surface area is 112 Å². The fraction of sp³-hybridized carbons (Fsp3) is 0.429. The molecule has 2 N–H and O–H groups in total. The van der Waals surface area contributed by atoms with E-state index in [1.165, 1.54) is 0 Å².